The van der Waals surface area contributed by atoms with Crippen molar-refractivity contribution in [1.82, 2.24) is 0 Å². The van der Waals surface area contributed by atoms with Crippen LogP contribution < -0.4 is 10.6 Å². The second-order valence-corrected chi connectivity index (χ2v) is 3.67. The minimum Gasteiger partial charge on any atom is -0.379 e. The fraction of sp³-hybridized carbons (Fsp3) is 0.455. The molecule has 0 aliphatic carbocycles. The Bertz CT molecular complexity index is 240. The Morgan fingerprint density at radius 3 is 2.85 bits per heavy atom. The molecule has 0 aromatic heterocycles. The molecule has 1 aromatic rings. The molecule has 2 heteroatoms. The fourth-order valence-electron chi connectivity index (χ4n) is 1.84. The third-order valence-electron chi connectivity index (χ3n) is 2.62. The molecule has 2 rings (SSSR count). The van der Waals surface area contributed by atoms with Gasteiger partial charge in [-0.15, -0.1) is 0 Å². The van der Waals surface area contributed by atoms with Crippen molar-refractivity contribution in [2.24, 2.45) is 0 Å². The smallest absolute Gasteiger partial charge is 0.104 e. The van der Waals surface area contributed by atoms with E-state index in [0.717, 1.165) is 12.6 Å². The predicted molar refractivity (Wildman–Crippen MR) is 54.7 cm³/mol. The van der Waals surface area contributed by atoms with Crippen molar-refractivity contribution in [1.29, 1.82) is 0 Å². The summed E-state index contributed by atoms with van der Waals surface area (Å²) in [5.41, 5.74) is 1.24. The van der Waals surface area contributed by atoms with Gasteiger partial charge in [-0.3, -0.25) is 0 Å². The van der Waals surface area contributed by atoms with E-state index in [1.807, 2.05) is 6.07 Å². The molecule has 1 fully saturated rings. The molecule has 70 valence electrons. The summed E-state index contributed by atoms with van der Waals surface area (Å²) in [4.78, 5) is 0. The quantitative estimate of drug-likeness (QED) is 0.703. The first-order chi connectivity index (χ1) is 6.45. The van der Waals surface area contributed by atoms with E-state index in [2.05, 4.69) is 34.9 Å². The van der Waals surface area contributed by atoms with Crippen LogP contribution in [-0.2, 0) is 0 Å². The molecule has 0 radical (unpaired) electrons. The Morgan fingerprint density at radius 1 is 1.31 bits per heavy atom. The molecule has 3 N–H and O–H groups in total. The molecule has 2 nitrogen and oxygen atoms in total. The second kappa shape index (κ2) is 4.28. The first-order valence-corrected chi connectivity index (χ1v) is 5.07. The Balaban J connectivity index is 1.79. The molecular formula is C11H17N2+. The van der Waals surface area contributed by atoms with Gasteiger partial charge in [-0.05, 0) is 12.1 Å². The fourth-order valence-corrected chi connectivity index (χ4v) is 1.84. The summed E-state index contributed by atoms with van der Waals surface area (Å²) in [5.74, 6) is 0. The molecule has 0 bridgehead atoms. The average Bonchev–Trinajstić information content (AvgIpc) is 2.69. The molecule has 0 amide bonds. The topological polar surface area (TPSA) is 28.6 Å². The lowest BCUT2D eigenvalue weighted by Gasteiger charge is -2.09. The molecule has 13 heavy (non-hydrogen) atoms. The van der Waals surface area contributed by atoms with Gasteiger partial charge < -0.3 is 10.6 Å². The number of anilines is 1. The van der Waals surface area contributed by atoms with Gasteiger partial charge in [0.2, 0.25) is 0 Å². The largest absolute Gasteiger partial charge is 0.379 e. The maximum absolute atomic E-state index is 3.46. The number of rotatable bonds is 3. The first-order valence-electron chi connectivity index (χ1n) is 5.07. The number of hydrogen-bond donors (Lipinski definition) is 2. The zero-order chi connectivity index (χ0) is 8.93. The number of benzene rings is 1. The van der Waals surface area contributed by atoms with Gasteiger partial charge in [-0.1, -0.05) is 18.2 Å². The highest BCUT2D eigenvalue weighted by Gasteiger charge is 2.16. The van der Waals surface area contributed by atoms with E-state index in [1.54, 1.807) is 0 Å². The normalized spacial score (nSPS) is 21.7. The van der Waals surface area contributed by atoms with E-state index in [-0.39, 0.29) is 0 Å². The van der Waals surface area contributed by atoms with E-state index in [4.69, 9.17) is 0 Å². The number of quaternary nitrogens is 1. The van der Waals surface area contributed by atoms with Crippen LogP contribution in [0.1, 0.15) is 12.8 Å². The molecule has 1 atom stereocenters. The lowest BCUT2D eigenvalue weighted by molar-refractivity contribution is -0.666. The molecular weight excluding hydrogens is 160 g/mol. The lowest BCUT2D eigenvalue weighted by Crippen LogP contribution is -2.87. The van der Waals surface area contributed by atoms with Gasteiger partial charge in [-0.2, -0.15) is 0 Å². The third kappa shape index (κ3) is 2.46. The highest BCUT2D eigenvalue weighted by Crippen LogP contribution is 2.05. The molecule has 1 aliphatic heterocycles. The maximum atomic E-state index is 3.46. The Morgan fingerprint density at radius 2 is 2.15 bits per heavy atom. The highest BCUT2D eigenvalue weighted by atomic mass is 15.0. The van der Waals surface area contributed by atoms with Gasteiger partial charge in [0.05, 0.1) is 13.1 Å². The molecule has 1 saturated heterocycles. The average molecular weight is 177 g/mol. The minimum absolute atomic E-state index is 0.792. The van der Waals surface area contributed by atoms with E-state index in [0.29, 0.717) is 0 Å². The Hall–Kier alpha value is -1.02. The maximum Gasteiger partial charge on any atom is 0.104 e. The number of nitrogens with one attached hydrogen (secondary N) is 1. The van der Waals surface area contributed by atoms with Crippen molar-refractivity contribution in [2.45, 2.75) is 18.9 Å². The van der Waals surface area contributed by atoms with Crippen LogP contribution in [0.4, 0.5) is 5.69 Å². The van der Waals surface area contributed by atoms with E-state index >= 15 is 0 Å². The summed E-state index contributed by atoms with van der Waals surface area (Å²) in [6, 6.07) is 11.2. The van der Waals surface area contributed by atoms with E-state index in [1.165, 1.54) is 25.1 Å². The van der Waals surface area contributed by atoms with Gasteiger partial charge in [0, 0.05) is 18.5 Å². The Labute approximate surface area is 79.4 Å². The number of hydrogen-bond acceptors (Lipinski definition) is 1. The molecule has 1 aromatic carbocycles. The van der Waals surface area contributed by atoms with Crippen LogP contribution in [-0.4, -0.2) is 19.1 Å². The highest BCUT2D eigenvalue weighted by molar-refractivity contribution is 5.42. The van der Waals surface area contributed by atoms with Crippen molar-refractivity contribution < 1.29 is 5.32 Å². The summed E-state index contributed by atoms with van der Waals surface area (Å²) in [6.07, 6.45) is 2.74. The summed E-state index contributed by atoms with van der Waals surface area (Å²) in [5, 5.41) is 5.90. The van der Waals surface area contributed by atoms with Gasteiger partial charge in [0.1, 0.15) is 6.04 Å². The SMILES string of the molecule is c1ccc(NC[C@H]2CCC[NH2+]2)cc1. The molecule has 0 spiro atoms. The summed E-state index contributed by atoms with van der Waals surface area (Å²) in [6.45, 7) is 2.41. The van der Waals surface area contributed by atoms with Crippen molar-refractivity contribution in [3.8, 4) is 0 Å². The molecule has 1 heterocycles. The van der Waals surface area contributed by atoms with Crippen molar-refractivity contribution in [3.05, 3.63) is 30.3 Å². The van der Waals surface area contributed by atoms with Crippen LogP contribution >= 0.6 is 0 Å². The number of para-hydroxylation sites is 1. The second-order valence-electron chi connectivity index (χ2n) is 3.67. The molecule has 1 aliphatic rings. The van der Waals surface area contributed by atoms with Crippen LogP contribution in [0.5, 0.6) is 0 Å². The van der Waals surface area contributed by atoms with Crippen LogP contribution in [0.15, 0.2) is 30.3 Å². The summed E-state index contributed by atoms with van der Waals surface area (Å²) >= 11 is 0. The zero-order valence-electron chi connectivity index (χ0n) is 7.87. The van der Waals surface area contributed by atoms with Crippen LogP contribution in [0.25, 0.3) is 0 Å². The van der Waals surface area contributed by atoms with E-state index < -0.39 is 0 Å². The molecule has 0 saturated carbocycles. The van der Waals surface area contributed by atoms with Crippen LogP contribution in [0.3, 0.4) is 0 Å². The standard InChI is InChI=1S/C11H16N2/c1-2-5-10(6-3-1)13-9-11-7-4-8-12-11/h1-3,5-6,11-13H,4,7-9H2/p+1/t11-/m1/s1. The van der Waals surface area contributed by atoms with Crippen LogP contribution in [0.2, 0.25) is 0 Å². The number of nitrogens with two attached hydrogens (primary N) is 1. The van der Waals surface area contributed by atoms with Crippen LogP contribution in [0, 0.1) is 0 Å². The van der Waals surface area contributed by atoms with Crippen molar-refractivity contribution in [3.63, 3.8) is 0 Å². The van der Waals surface area contributed by atoms with Gasteiger partial charge in [-0.25, -0.2) is 0 Å². The van der Waals surface area contributed by atoms with Crippen molar-refractivity contribution in [2.75, 3.05) is 18.4 Å². The van der Waals surface area contributed by atoms with Gasteiger partial charge in [0.15, 0.2) is 0 Å². The summed E-state index contributed by atoms with van der Waals surface area (Å²) in [7, 11) is 0. The zero-order valence-corrected chi connectivity index (χ0v) is 7.87. The van der Waals surface area contributed by atoms with Gasteiger partial charge >= 0.3 is 0 Å². The lowest BCUT2D eigenvalue weighted by atomic mass is 10.2. The first kappa shape index (κ1) is 8.57. The van der Waals surface area contributed by atoms with E-state index in [9.17, 15) is 0 Å². The molecule has 0 unspecified atom stereocenters. The summed E-state index contributed by atoms with van der Waals surface area (Å²) < 4.78 is 0. The predicted octanol–water partition coefficient (Wildman–Crippen LogP) is 0.824. The van der Waals surface area contributed by atoms with Gasteiger partial charge in [0.25, 0.3) is 0 Å². The minimum atomic E-state index is 0.792. The third-order valence-corrected chi connectivity index (χ3v) is 2.62. The Kier molecular flexibility index (Phi) is 2.82. The van der Waals surface area contributed by atoms with Crippen molar-refractivity contribution >= 4 is 5.69 Å². The monoisotopic (exact) mass is 177 g/mol.